The van der Waals surface area contributed by atoms with E-state index in [1.54, 1.807) is 0 Å². The van der Waals surface area contributed by atoms with E-state index in [9.17, 15) is 0 Å². The maximum atomic E-state index is 6.98. The molecule has 0 saturated heterocycles. The van der Waals surface area contributed by atoms with Crippen molar-refractivity contribution in [3.63, 3.8) is 0 Å². The van der Waals surface area contributed by atoms with E-state index in [2.05, 4.69) is 10.5 Å². The van der Waals surface area contributed by atoms with Gasteiger partial charge >= 0.3 is 0 Å². The summed E-state index contributed by atoms with van der Waals surface area (Å²) in [5, 5.41) is 11.4. The Balaban J connectivity index is 2.23. The fourth-order valence-corrected chi connectivity index (χ4v) is 1.84. The number of hydrogen-bond acceptors (Lipinski definition) is 2. The van der Waals surface area contributed by atoms with Gasteiger partial charge in [-0.2, -0.15) is 5.10 Å². The van der Waals surface area contributed by atoms with Crippen LogP contribution in [0.1, 0.15) is 5.56 Å². The molecule has 96 valence electrons. The quantitative estimate of drug-likeness (QED) is 0.457. The first-order valence-electron chi connectivity index (χ1n) is 5.65. The highest BCUT2D eigenvalue weighted by molar-refractivity contribution is 6.33. The highest BCUT2D eigenvalue weighted by Gasteiger charge is 2.01. The second kappa shape index (κ2) is 6.02. The maximum Gasteiger partial charge on any atom is 0.206 e. The van der Waals surface area contributed by atoms with Gasteiger partial charge in [-0.15, -0.1) is 0 Å². The van der Waals surface area contributed by atoms with Crippen LogP contribution < -0.4 is 11.2 Å². The Bertz CT molecular complexity index is 608. The van der Waals surface area contributed by atoms with E-state index in [-0.39, 0.29) is 5.96 Å². The van der Waals surface area contributed by atoms with E-state index >= 15 is 0 Å². The van der Waals surface area contributed by atoms with E-state index in [1.807, 2.05) is 48.5 Å². The first-order valence-corrected chi connectivity index (χ1v) is 6.02. The molecule has 0 saturated carbocycles. The Labute approximate surface area is 116 Å². The number of nitrogens with one attached hydrogen (secondary N) is 2. The predicted octanol–water partition coefficient (Wildman–Crippen LogP) is 2.82. The van der Waals surface area contributed by atoms with Crippen molar-refractivity contribution in [1.82, 2.24) is 5.43 Å². The molecule has 0 aliphatic rings. The SMILES string of the molecule is N=C(N)N/N=C/c1ccc(-c2ccccc2)cc1Cl. The standard InChI is InChI=1S/C14H13ClN4/c15-13-8-11(10-4-2-1-3-5-10)6-7-12(13)9-18-19-14(16)17/h1-9H,(H4,16,17,19)/b18-9+. The zero-order chi connectivity index (χ0) is 13.7. The van der Waals surface area contributed by atoms with Crippen molar-refractivity contribution in [2.24, 2.45) is 10.8 Å². The molecule has 19 heavy (non-hydrogen) atoms. The summed E-state index contributed by atoms with van der Waals surface area (Å²) in [6.45, 7) is 0. The zero-order valence-corrected chi connectivity index (χ0v) is 10.9. The minimum atomic E-state index is -0.215. The summed E-state index contributed by atoms with van der Waals surface area (Å²) in [6, 6.07) is 15.7. The summed E-state index contributed by atoms with van der Waals surface area (Å²) >= 11 is 6.19. The van der Waals surface area contributed by atoms with Gasteiger partial charge in [-0.1, -0.05) is 54.1 Å². The summed E-state index contributed by atoms with van der Waals surface area (Å²) in [5.74, 6) is -0.215. The summed E-state index contributed by atoms with van der Waals surface area (Å²) < 4.78 is 0. The van der Waals surface area contributed by atoms with Gasteiger partial charge in [-0.25, -0.2) is 5.43 Å². The number of nitrogens with two attached hydrogens (primary N) is 1. The Kier molecular flexibility index (Phi) is 4.15. The summed E-state index contributed by atoms with van der Waals surface area (Å²) in [7, 11) is 0. The van der Waals surface area contributed by atoms with Gasteiger partial charge in [-0.3, -0.25) is 5.41 Å². The lowest BCUT2D eigenvalue weighted by Crippen LogP contribution is -2.25. The van der Waals surface area contributed by atoms with Crippen molar-refractivity contribution in [1.29, 1.82) is 5.41 Å². The highest BCUT2D eigenvalue weighted by Crippen LogP contribution is 2.24. The Morgan fingerprint density at radius 3 is 2.53 bits per heavy atom. The van der Waals surface area contributed by atoms with Crippen LogP contribution >= 0.6 is 11.6 Å². The molecule has 0 heterocycles. The smallest absolute Gasteiger partial charge is 0.206 e. The van der Waals surface area contributed by atoms with Gasteiger partial charge in [0.25, 0.3) is 0 Å². The zero-order valence-electron chi connectivity index (χ0n) is 10.1. The highest BCUT2D eigenvalue weighted by atomic mass is 35.5. The van der Waals surface area contributed by atoms with Gasteiger partial charge in [0.1, 0.15) is 0 Å². The van der Waals surface area contributed by atoms with Crippen LogP contribution in [0.15, 0.2) is 53.6 Å². The van der Waals surface area contributed by atoms with Crippen LogP contribution in [0, 0.1) is 5.41 Å². The van der Waals surface area contributed by atoms with Crippen molar-refractivity contribution < 1.29 is 0 Å². The number of rotatable bonds is 3. The lowest BCUT2D eigenvalue weighted by atomic mass is 10.0. The molecular formula is C14H13ClN4. The molecule has 0 spiro atoms. The second-order valence-corrected chi connectivity index (χ2v) is 4.29. The molecule has 0 fully saturated rings. The van der Waals surface area contributed by atoms with Gasteiger partial charge in [0.2, 0.25) is 5.96 Å². The van der Waals surface area contributed by atoms with Crippen LogP contribution in [0.2, 0.25) is 5.02 Å². The van der Waals surface area contributed by atoms with E-state index < -0.39 is 0 Å². The van der Waals surface area contributed by atoms with Crippen molar-refractivity contribution >= 4 is 23.8 Å². The summed E-state index contributed by atoms with van der Waals surface area (Å²) in [4.78, 5) is 0. The third kappa shape index (κ3) is 3.56. The van der Waals surface area contributed by atoms with Crippen LogP contribution in [-0.2, 0) is 0 Å². The van der Waals surface area contributed by atoms with Crippen LogP contribution in [0.4, 0.5) is 0 Å². The number of halogens is 1. The summed E-state index contributed by atoms with van der Waals surface area (Å²) in [5.41, 5.74) is 10.4. The summed E-state index contributed by atoms with van der Waals surface area (Å²) in [6.07, 6.45) is 1.53. The van der Waals surface area contributed by atoms with Crippen LogP contribution in [0.5, 0.6) is 0 Å². The Morgan fingerprint density at radius 2 is 1.89 bits per heavy atom. The molecule has 0 unspecified atom stereocenters. The van der Waals surface area contributed by atoms with Crippen LogP contribution in [-0.4, -0.2) is 12.2 Å². The predicted molar refractivity (Wildman–Crippen MR) is 79.5 cm³/mol. The molecule has 0 radical (unpaired) electrons. The molecule has 2 aromatic rings. The number of hydrogen-bond donors (Lipinski definition) is 3. The molecule has 2 aromatic carbocycles. The maximum absolute atomic E-state index is 6.98. The fraction of sp³-hybridized carbons (Fsp3) is 0. The van der Waals surface area contributed by atoms with E-state index in [0.29, 0.717) is 5.02 Å². The normalized spacial score (nSPS) is 10.6. The monoisotopic (exact) mass is 272 g/mol. The van der Waals surface area contributed by atoms with Gasteiger partial charge in [-0.05, 0) is 17.2 Å². The van der Waals surface area contributed by atoms with Crippen molar-refractivity contribution in [2.45, 2.75) is 0 Å². The molecule has 0 aliphatic carbocycles. The number of benzene rings is 2. The van der Waals surface area contributed by atoms with Gasteiger partial charge in [0.05, 0.1) is 11.2 Å². The molecule has 5 heteroatoms. The number of nitrogens with zero attached hydrogens (tertiary/aromatic N) is 1. The minimum Gasteiger partial charge on any atom is -0.369 e. The van der Waals surface area contributed by atoms with Gasteiger partial charge < -0.3 is 5.73 Å². The van der Waals surface area contributed by atoms with Gasteiger partial charge in [0.15, 0.2) is 0 Å². The lowest BCUT2D eigenvalue weighted by Gasteiger charge is -2.04. The van der Waals surface area contributed by atoms with Crippen LogP contribution in [0.3, 0.4) is 0 Å². The lowest BCUT2D eigenvalue weighted by molar-refractivity contribution is 1.00. The fourth-order valence-electron chi connectivity index (χ4n) is 1.61. The molecule has 4 N–H and O–H groups in total. The Hall–Kier alpha value is -2.33. The molecule has 0 aromatic heterocycles. The first kappa shape index (κ1) is 13.1. The Morgan fingerprint density at radius 1 is 1.16 bits per heavy atom. The average Bonchev–Trinajstić information content (AvgIpc) is 2.41. The molecule has 0 atom stereocenters. The molecule has 0 aliphatic heterocycles. The van der Waals surface area contributed by atoms with Crippen LogP contribution in [0.25, 0.3) is 11.1 Å². The third-order valence-electron chi connectivity index (χ3n) is 2.50. The largest absolute Gasteiger partial charge is 0.369 e. The van der Waals surface area contributed by atoms with Crippen molar-refractivity contribution in [2.75, 3.05) is 0 Å². The topological polar surface area (TPSA) is 74.3 Å². The average molecular weight is 273 g/mol. The first-order chi connectivity index (χ1) is 9.16. The van der Waals surface area contributed by atoms with Crippen molar-refractivity contribution in [3.8, 4) is 11.1 Å². The minimum absolute atomic E-state index is 0.215. The molecule has 4 nitrogen and oxygen atoms in total. The van der Waals surface area contributed by atoms with E-state index in [0.717, 1.165) is 16.7 Å². The van der Waals surface area contributed by atoms with E-state index in [4.69, 9.17) is 22.7 Å². The number of hydrazone groups is 1. The van der Waals surface area contributed by atoms with Gasteiger partial charge in [0, 0.05) is 5.56 Å². The third-order valence-corrected chi connectivity index (χ3v) is 2.82. The number of guanidine groups is 1. The molecular weight excluding hydrogens is 260 g/mol. The second-order valence-electron chi connectivity index (χ2n) is 3.89. The molecule has 2 rings (SSSR count). The molecule has 0 amide bonds. The molecule has 0 bridgehead atoms. The van der Waals surface area contributed by atoms with E-state index in [1.165, 1.54) is 6.21 Å². The van der Waals surface area contributed by atoms with Crippen molar-refractivity contribution in [3.05, 3.63) is 59.1 Å².